The van der Waals surface area contributed by atoms with E-state index in [9.17, 15) is 17.6 Å². The van der Waals surface area contributed by atoms with E-state index < -0.39 is 27.4 Å². The maximum atomic E-state index is 14.2. The molecule has 1 aliphatic heterocycles. The van der Waals surface area contributed by atoms with E-state index in [0.717, 1.165) is 30.2 Å². The fourth-order valence-corrected chi connectivity index (χ4v) is 7.59. The molecule has 1 N–H and O–H groups in total. The van der Waals surface area contributed by atoms with E-state index >= 15 is 0 Å². The van der Waals surface area contributed by atoms with Crippen LogP contribution in [0.15, 0.2) is 72.0 Å². The number of benzene rings is 2. The molecule has 0 aliphatic carbocycles. The summed E-state index contributed by atoms with van der Waals surface area (Å²) < 4.78 is 51.6. The van der Waals surface area contributed by atoms with Crippen molar-refractivity contribution < 1.29 is 22.3 Å². The minimum atomic E-state index is -3.97. The van der Waals surface area contributed by atoms with Crippen molar-refractivity contribution in [3.63, 3.8) is 0 Å². The second-order valence-corrected chi connectivity index (χ2v) is 14.5. The fraction of sp³-hybridized carbons (Fsp3) is 0.412. The van der Waals surface area contributed by atoms with Crippen molar-refractivity contribution in [3.8, 4) is 0 Å². The van der Waals surface area contributed by atoms with Crippen molar-refractivity contribution >= 4 is 21.6 Å². The SMILES string of the molecule is CCCn1cc(COC(c2ccc(C)c(CN3C[C@@H](C)Cc4ccc(F)cc4S3(=O)=O)c2)C(C)(C)C(=O)Nc2cccnc2)nn1. The summed E-state index contributed by atoms with van der Waals surface area (Å²) >= 11 is 0. The molecule has 4 aromatic rings. The van der Waals surface area contributed by atoms with Gasteiger partial charge in [-0.25, -0.2) is 12.8 Å². The Hall–Kier alpha value is -4.00. The average molecular weight is 649 g/mol. The summed E-state index contributed by atoms with van der Waals surface area (Å²) in [5.74, 6) is -0.835. The van der Waals surface area contributed by atoms with Gasteiger partial charge in [0.15, 0.2) is 0 Å². The maximum Gasteiger partial charge on any atom is 0.243 e. The normalized spacial score (nSPS) is 17.2. The van der Waals surface area contributed by atoms with E-state index in [-0.39, 0.29) is 36.4 Å². The standard InChI is InChI=1S/C34H41FN6O4S/c1-6-14-40-21-30(38-39-40)22-45-32(34(4,5)33(42)37-29-8-7-13-36-18-29)26-10-9-24(3)27(16-26)20-41-19-23(2)15-25-11-12-28(35)17-31(25)46(41,43)44/h7-13,16-18,21,23,32H,6,14-15,19-20,22H2,1-5H3,(H,37,42)/t23-,32?/m0/s1. The van der Waals surface area contributed by atoms with Crippen LogP contribution < -0.4 is 5.32 Å². The number of fused-ring (bicyclic) bond motifs is 1. The number of anilines is 1. The molecule has 46 heavy (non-hydrogen) atoms. The summed E-state index contributed by atoms with van der Waals surface area (Å²) in [6.07, 6.45) is 5.74. The first kappa shape index (κ1) is 33.4. The second kappa shape index (κ2) is 13.8. The van der Waals surface area contributed by atoms with Gasteiger partial charge >= 0.3 is 0 Å². The van der Waals surface area contributed by atoms with Crippen molar-refractivity contribution in [2.24, 2.45) is 11.3 Å². The lowest BCUT2D eigenvalue weighted by atomic mass is 9.80. The Labute approximate surface area is 270 Å². The van der Waals surface area contributed by atoms with Gasteiger partial charge in [0.05, 0.1) is 41.1 Å². The summed E-state index contributed by atoms with van der Waals surface area (Å²) in [4.78, 5) is 17.9. The number of hydrogen-bond acceptors (Lipinski definition) is 7. The molecular formula is C34H41FN6O4S. The highest BCUT2D eigenvalue weighted by Crippen LogP contribution is 2.40. The van der Waals surface area contributed by atoms with Crippen LogP contribution in [-0.4, -0.2) is 45.2 Å². The van der Waals surface area contributed by atoms with Crippen molar-refractivity contribution in [1.29, 1.82) is 0 Å². The van der Waals surface area contributed by atoms with Gasteiger partial charge in [0.25, 0.3) is 0 Å². The van der Waals surface area contributed by atoms with Gasteiger partial charge in [-0.3, -0.25) is 14.5 Å². The molecule has 1 amide bonds. The molecule has 12 heteroatoms. The quantitative estimate of drug-likeness (QED) is 0.217. The van der Waals surface area contributed by atoms with Crippen molar-refractivity contribution in [2.45, 2.75) is 78.2 Å². The number of aryl methyl sites for hydroxylation is 2. The zero-order chi connectivity index (χ0) is 33.1. The van der Waals surface area contributed by atoms with E-state index in [0.29, 0.717) is 28.9 Å². The number of ether oxygens (including phenoxy) is 1. The molecule has 3 heterocycles. The summed E-state index contributed by atoms with van der Waals surface area (Å²) in [5.41, 5.74) is 3.08. The van der Waals surface area contributed by atoms with Crippen molar-refractivity contribution in [3.05, 3.63) is 101 Å². The lowest BCUT2D eigenvalue weighted by Gasteiger charge is -2.34. The molecule has 1 aliphatic rings. The van der Waals surface area contributed by atoms with Crippen LogP contribution in [0, 0.1) is 24.1 Å². The molecule has 10 nitrogen and oxygen atoms in total. The minimum absolute atomic E-state index is 0.0104. The van der Waals surface area contributed by atoms with E-state index in [2.05, 4.69) is 27.5 Å². The third-order valence-electron chi connectivity index (χ3n) is 8.35. The predicted octanol–water partition coefficient (Wildman–Crippen LogP) is 5.84. The molecule has 0 bridgehead atoms. The Morgan fingerprint density at radius 1 is 1.20 bits per heavy atom. The van der Waals surface area contributed by atoms with Crippen molar-refractivity contribution in [2.75, 3.05) is 11.9 Å². The number of aromatic nitrogens is 4. The summed E-state index contributed by atoms with van der Waals surface area (Å²) in [5, 5.41) is 11.4. The number of nitrogens with one attached hydrogen (secondary N) is 1. The van der Waals surface area contributed by atoms with Gasteiger partial charge in [0.2, 0.25) is 15.9 Å². The third kappa shape index (κ3) is 7.35. The number of carbonyl (C=O) groups excluding carboxylic acids is 1. The molecule has 244 valence electrons. The number of sulfonamides is 1. The Morgan fingerprint density at radius 3 is 2.74 bits per heavy atom. The smallest absolute Gasteiger partial charge is 0.243 e. The molecule has 5 rings (SSSR count). The number of halogens is 1. The molecule has 0 saturated heterocycles. The average Bonchev–Trinajstić information content (AvgIpc) is 3.43. The molecular weight excluding hydrogens is 607 g/mol. The molecule has 0 fully saturated rings. The van der Waals surface area contributed by atoms with E-state index in [1.807, 2.05) is 52.1 Å². The Bertz CT molecular complexity index is 1790. The van der Waals surface area contributed by atoms with Gasteiger partial charge in [-0.05, 0) is 86.1 Å². The van der Waals surface area contributed by atoms with Crippen LogP contribution in [0.4, 0.5) is 10.1 Å². The molecule has 2 atom stereocenters. The zero-order valence-corrected chi connectivity index (χ0v) is 27.7. The van der Waals surface area contributed by atoms with Crippen molar-refractivity contribution in [1.82, 2.24) is 24.3 Å². The van der Waals surface area contributed by atoms with Crippen LogP contribution in [-0.2, 0) is 45.7 Å². The monoisotopic (exact) mass is 648 g/mol. The number of pyridine rings is 1. The van der Waals surface area contributed by atoms with Crippen LogP contribution >= 0.6 is 0 Å². The van der Waals surface area contributed by atoms with E-state index in [4.69, 9.17) is 4.74 Å². The lowest BCUT2D eigenvalue weighted by Crippen LogP contribution is -2.38. The lowest BCUT2D eigenvalue weighted by molar-refractivity contribution is -0.134. The van der Waals surface area contributed by atoms with E-state index in [1.54, 1.807) is 35.3 Å². The highest BCUT2D eigenvalue weighted by atomic mass is 32.2. The number of nitrogens with zero attached hydrogens (tertiary/aromatic N) is 5. The predicted molar refractivity (Wildman–Crippen MR) is 173 cm³/mol. The van der Waals surface area contributed by atoms with Gasteiger partial charge in [-0.2, -0.15) is 4.31 Å². The molecule has 2 aromatic heterocycles. The number of hydrogen-bond donors (Lipinski definition) is 1. The van der Waals surface area contributed by atoms with Crippen LogP contribution in [0.5, 0.6) is 0 Å². The molecule has 0 saturated carbocycles. The molecule has 0 spiro atoms. The Morgan fingerprint density at radius 2 is 2.00 bits per heavy atom. The highest BCUT2D eigenvalue weighted by molar-refractivity contribution is 7.89. The third-order valence-corrected chi connectivity index (χ3v) is 10.2. The van der Waals surface area contributed by atoms with Crippen LogP contribution in [0.3, 0.4) is 0 Å². The summed E-state index contributed by atoms with van der Waals surface area (Å²) in [6, 6.07) is 13.2. The molecule has 0 radical (unpaired) electrons. The number of rotatable bonds is 11. The van der Waals surface area contributed by atoms with Crippen LogP contribution in [0.25, 0.3) is 0 Å². The van der Waals surface area contributed by atoms with Gasteiger partial charge in [0.1, 0.15) is 11.5 Å². The Kier molecular flexibility index (Phi) is 9.99. The van der Waals surface area contributed by atoms with Crippen LogP contribution in [0.2, 0.25) is 0 Å². The number of carbonyl (C=O) groups is 1. The first-order valence-electron chi connectivity index (χ1n) is 15.5. The van der Waals surface area contributed by atoms with Gasteiger partial charge in [-0.1, -0.05) is 43.3 Å². The molecule has 2 aromatic carbocycles. The summed E-state index contributed by atoms with van der Waals surface area (Å²) in [7, 11) is -3.97. The largest absolute Gasteiger partial charge is 0.366 e. The van der Waals surface area contributed by atoms with Gasteiger partial charge < -0.3 is 10.1 Å². The van der Waals surface area contributed by atoms with Crippen LogP contribution in [0.1, 0.15) is 68.2 Å². The summed E-state index contributed by atoms with van der Waals surface area (Å²) in [6.45, 7) is 10.8. The molecule has 1 unspecified atom stereocenters. The zero-order valence-electron chi connectivity index (χ0n) is 26.9. The first-order valence-corrected chi connectivity index (χ1v) is 16.9. The maximum absolute atomic E-state index is 14.2. The topological polar surface area (TPSA) is 119 Å². The minimum Gasteiger partial charge on any atom is -0.366 e. The van der Waals surface area contributed by atoms with E-state index in [1.165, 1.54) is 10.4 Å². The fourth-order valence-electron chi connectivity index (χ4n) is 5.81. The van der Waals surface area contributed by atoms with Gasteiger partial charge in [0, 0.05) is 25.8 Å². The van der Waals surface area contributed by atoms with Gasteiger partial charge in [-0.15, -0.1) is 5.10 Å². The number of amides is 1. The first-order chi connectivity index (χ1) is 21.9. The second-order valence-electron chi connectivity index (χ2n) is 12.6. The Balaban J connectivity index is 1.48. The highest BCUT2D eigenvalue weighted by Gasteiger charge is 2.40.